The first-order valence-electron chi connectivity index (χ1n) is 9.07. The Kier molecular flexibility index (Phi) is 6.63. The number of carbonyl (C=O) groups is 2. The van der Waals surface area contributed by atoms with Crippen molar-refractivity contribution >= 4 is 18.3 Å². The minimum atomic E-state index is -0.610. The van der Waals surface area contributed by atoms with Gasteiger partial charge in [0.05, 0.1) is 13.7 Å². The SMILES string of the molecule is CCOC(=O)N1CCC(C(=NC2(C=O)CCCCC2)OC)[C@H](C)C1. The lowest BCUT2D eigenvalue weighted by molar-refractivity contribution is -0.113. The number of aldehydes is 1. The molecule has 136 valence electrons. The van der Waals surface area contributed by atoms with Crippen LogP contribution in [-0.4, -0.2) is 55.5 Å². The molecule has 2 atom stereocenters. The summed E-state index contributed by atoms with van der Waals surface area (Å²) >= 11 is 0. The van der Waals surface area contributed by atoms with E-state index in [1.807, 2.05) is 6.92 Å². The Labute approximate surface area is 144 Å². The van der Waals surface area contributed by atoms with Crippen LogP contribution in [0.5, 0.6) is 0 Å². The van der Waals surface area contributed by atoms with Crippen LogP contribution in [0.3, 0.4) is 0 Å². The molecule has 0 bridgehead atoms. The molecule has 24 heavy (non-hydrogen) atoms. The predicted molar refractivity (Wildman–Crippen MR) is 92.2 cm³/mol. The number of methoxy groups -OCH3 is 1. The van der Waals surface area contributed by atoms with Crippen LogP contribution in [0.1, 0.15) is 52.4 Å². The van der Waals surface area contributed by atoms with Gasteiger partial charge in [-0.25, -0.2) is 9.79 Å². The fourth-order valence-corrected chi connectivity index (χ4v) is 3.81. The number of ether oxygens (including phenoxy) is 2. The molecule has 6 nitrogen and oxygen atoms in total. The largest absolute Gasteiger partial charge is 0.484 e. The summed E-state index contributed by atoms with van der Waals surface area (Å²) in [5, 5.41) is 0. The molecule has 1 heterocycles. The van der Waals surface area contributed by atoms with Crippen LogP contribution in [0.25, 0.3) is 0 Å². The Balaban J connectivity index is 2.09. The summed E-state index contributed by atoms with van der Waals surface area (Å²) in [5.41, 5.74) is -0.610. The van der Waals surface area contributed by atoms with Crippen molar-refractivity contribution < 1.29 is 19.1 Å². The highest BCUT2D eigenvalue weighted by molar-refractivity contribution is 5.82. The Morgan fingerprint density at radius 2 is 2.04 bits per heavy atom. The fourth-order valence-electron chi connectivity index (χ4n) is 3.81. The summed E-state index contributed by atoms with van der Waals surface area (Å²) in [6.07, 6.45) is 6.38. The summed E-state index contributed by atoms with van der Waals surface area (Å²) in [5.74, 6) is 1.02. The summed E-state index contributed by atoms with van der Waals surface area (Å²) < 4.78 is 10.7. The molecule has 0 aromatic carbocycles. The van der Waals surface area contributed by atoms with Crippen LogP contribution in [0.4, 0.5) is 4.79 Å². The number of carbonyl (C=O) groups excluding carboxylic acids is 2. The molecule has 0 aromatic rings. The topological polar surface area (TPSA) is 68.2 Å². The molecule has 1 saturated carbocycles. The van der Waals surface area contributed by atoms with E-state index in [0.29, 0.717) is 25.6 Å². The van der Waals surface area contributed by atoms with Crippen molar-refractivity contribution in [3.05, 3.63) is 0 Å². The minimum Gasteiger partial charge on any atom is -0.484 e. The molecule has 2 aliphatic rings. The zero-order valence-corrected chi connectivity index (χ0v) is 15.1. The quantitative estimate of drug-likeness (QED) is 0.449. The maximum atomic E-state index is 11.9. The van der Waals surface area contributed by atoms with Crippen molar-refractivity contribution in [2.45, 2.75) is 57.9 Å². The molecule has 1 amide bonds. The van der Waals surface area contributed by atoms with Gasteiger partial charge < -0.3 is 19.2 Å². The van der Waals surface area contributed by atoms with Crippen LogP contribution in [-0.2, 0) is 14.3 Å². The number of likely N-dealkylation sites (tertiary alicyclic amines) is 1. The van der Waals surface area contributed by atoms with Crippen LogP contribution in [0.15, 0.2) is 4.99 Å². The van der Waals surface area contributed by atoms with Crippen LogP contribution in [0, 0.1) is 11.8 Å². The molecule has 1 saturated heterocycles. The van der Waals surface area contributed by atoms with Gasteiger partial charge in [0.25, 0.3) is 0 Å². The van der Waals surface area contributed by atoms with Gasteiger partial charge in [-0.3, -0.25) is 0 Å². The molecular formula is C18H30N2O4. The standard InChI is InChI=1S/C18H30N2O4/c1-4-24-17(22)20-11-8-15(14(2)12-20)16(23-3)19-18(13-21)9-6-5-7-10-18/h13-15H,4-12H2,1-3H3/t14-,15?/m1/s1. The zero-order chi connectivity index (χ0) is 17.6. The molecule has 1 unspecified atom stereocenters. The van der Waals surface area contributed by atoms with Crippen molar-refractivity contribution in [2.75, 3.05) is 26.8 Å². The number of amides is 1. The van der Waals surface area contributed by atoms with E-state index in [4.69, 9.17) is 14.5 Å². The smallest absolute Gasteiger partial charge is 0.409 e. The molecule has 2 rings (SSSR count). The lowest BCUT2D eigenvalue weighted by Gasteiger charge is -2.37. The van der Waals surface area contributed by atoms with E-state index in [1.54, 1.807) is 12.0 Å². The van der Waals surface area contributed by atoms with Gasteiger partial charge in [-0.1, -0.05) is 26.2 Å². The Morgan fingerprint density at radius 1 is 1.33 bits per heavy atom. The maximum absolute atomic E-state index is 11.9. The number of hydrogen-bond donors (Lipinski definition) is 0. The van der Waals surface area contributed by atoms with Gasteiger partial charge in [-0.2, -0.15) is 0 Å². The summed E-state index contributed by atoms with van der Waals surface area (Å²) in [4.78, 5) is 30.1. The van der Waals surface area contributed by atoms with Gasteiger partial charge in [-0.15, -0.1) is 0 Å². The second-order valence-corrected chi connectivity index (χ2v) is 6.95. The number of piperidine rings is 1. The van der Waals surface area contributed by atoms with Gasteiger partial charge in [0, 0.05) is 19.0 Å². The van der Waals surface area contributed by atoms with E-state index in [9.17, 15) is 9.59 Å². The highest BCUT2D eigenvalue weighted by Crippen LogP contribution is 2.33. The average molecular weight is 338 g/mol. The molecule has 0 aromatic heterocycles. The van der Waals surface area contributed by atoms with E-state index in [2.05, 4.69) is 6.92 Å². The summed E-state index contributed by atoms with van der Waals surface area (Å²) in [7, 11) is 1.63. The van der Waals surface area contributed by atoms with E-state index in [-0.39, 0.29) is 17.9 Å². The molecule has 0 N–H and O–H groups in total. The Morgan fingerprint density at radius 3 is 2.58 bits per heavy atom. The van der Waals surface area contributed by atoms with E-state index < -0.39 is 5.54 Å². The highest BCUT2D eigenvalue weighted by Gasteiger charge is 2.37. The summed E-state index contributed by atoms with van der Waals surface area (Å²) in [6.45, 7) is 5.55. The number of aliphatic imine (C=N–C) groups is 1. The Bertz CT molecular complexity index is 472. The number of nitrogens with zero attached hydrogens (tertiary/aromatic N) is 2. The van der Waals surface area contributed by atoms with Gasteiger partial charge in [0.1, 0.15) is 11.8 Å². The third-order valence-corrected chi connectivity index (χ3v) is 5.23. The molecular weight excluding hydrogens is 308 g/mol. The van der Waals surface area contributed by atoms with Crippen LogP contribution in [0.2, 0.25) is 0 Å². The molecule has 6 heteroatoms. The first-order chi connectivity index (χ1) is 11.5. The molecule has 1 aliphatic carbocycles. The number of hydrogen-bond acceptors (Lipinski definition) is 5. The van der Waals surface area contributed by atoms with E-state index in [1.165, 1.54) is 6.42 Å². The van der Waals surface area contributed by atoms with Crippen molar-refractivity contribution in [3.8, 4) is 0 Å². The minimum absolute atomic E-state index is 0.138. The Hall–Kier alpha value is -1.59. The van der Waals surface area contributed by atoms with Crippen LogP contribution < -0.4 is 0 Å². The second kappa shape index (κ2) is 8.49. The monoisotopic (exact) mass is 338 g/mol. The van der Waals surface area contributed by atoms with Crippen molar-refractivity contribution in [2.24, 2.45) is 16.8 Å². The maximum Gasteiger partial charge on any atom is 0.409 e. The second-order valence-electron chi connectivity index (χ2n) is 6.95. The van der Waals surface area contributed by atoms with Gasteiger partial charge >= 0.3 is 6.09 Å². The molecule has 0 radical (unpaired) electrons. The van der Waals surface area contributed by atoms with Gasteiger partial charge in [0.15, 0.2) is 5.90 Å². The molecule has 0 spiro atoms. The highest BCUT2D eigenvalue weighted by atomic mass is 16.6. The lowest BCUT2D eigenvalue weighted by Crippen LogP contribution is -2.46. The van der Waals surface area contributed by atoms with E-state index in [0.717, 1.165) is 38.4 Å². The van der Waals surface area contributed by atoms with Crippen molar-refractivity contribution in [1.29, 1.82) is 0 Å². The molecule has 1 aliphatic heterocycles. The first kappa shape index (κ1) is 18.7. The summed E-state index contributed by atoms with van der Waals surface area (Å²) in [6, 6.07) is 0. The lowest BCUT2D eigenvalue weighted by atomic mass is 9.82. The van der Waals surface area contributed by atoms with Crippen molar-refractivity contribution in [3.63, 3.8) is 0 Å². The van der Waals surface area contributed by atoms with Crippen molar-refractivity contribution in [1.82, 2.24) is 4.90 Å². The zero-order valence-electron chi connectivity index (χ0n) is 15.1. The third kappa shape index (κ3) is 4.28. The first-order valence-corrected chi connectivity index (χ1v) is 9.07. The van der Waals surface area contributed by atoms with Crippen LogP contribution >= 0.6 is 0 Å². The van der Waals surface area contributed by atoms with Gasteiger partial charge in [-0.05, 0) is 32.1 Å². The fraction of sp³-hybridized carbons (Fsp3) is 0.833. The average Bonchev–Trinajstić information content (AvgIpc) is 2.61. The van der Waals surface area contributed by atoms with E-state index >= 15 is 0 Å². The predicted octanol–water partition coefficient (Wildman–Crippen LogP) is 3.05. The number of rotatable bonds is 4. The normalized spacial score (nSPS) is 27.5. The third-order valence-electron chi connectivity index (χ3n) is 5.23. The molecule has 2 fully saturated rings. The van der Waals surface area contributed by atoms with Gasteiger partial charge in [0.2, 0.25) is 0 Å².